The second-order valence-corrected chi connectivity index (χ2v) is 3.44. The van der Waals surface area contributed by atoms with Crippen LogP contribution in [0.2, 0.25) is 0 Å². The van der Waals surface area contributed by atoms with Gasteiger partial charge in [-0.25, -0.2) is 0 Å². The van der Waals surface area contributed by atoms with Crippen molar-refractivity contribution in [2.45, 2.75) is 26.0 Å². The summed E-state index contributed by atoms with van der Waals surface area (Å²) in [7, 11) is 0. The summed E-state index contributed by atoms with van der Waals surface area (Å²) in [6.07, 6.45) is -0.663. The summed E-state index contributed by atoms with van der Waals surface area (Å²) < 4.78 is 4.75. The first-order valence-electron chi connectivity index (χ1n) is 4.66. The van der Waals surface area contributed by atoms with Crippen LogP contribution >= 0.6 is 0 Å². The number of hydrogen-bond acceptors (Lipinski definition) is 5. The highest BCUT2D eigenvalue weighted by atomic mass is 16.5. The van der Waals surface area contributed by atoms with Crippen molar-refractivity contribution in [2.75, 3.05) is 6.54 Å². The lowest BCUT2D eigenvalue weighted by Crippen LogP contribution is -2.43. The zero-order chi connectivity index (χ0) is 11.4. The van der Waals surface area contributed by atoms with Crippen LogP contribution in [-0.2, 0) is 0 Å². The van der Waals surface area contributed by atoms with Gasteiger partial charge in [0.25, 0.3) is 5.91 Å². The molecule has 15 heavy (non-hydrogen) atoms. The Labute approximate surface area is 87.4 Å². The topological polar surface area (TPSA) is 101 Å². The van der Waals surface area contributed by atoms with Gasteiger partial charge in [0.05, 0.1) is 6.10 Å². The minimum atomic E-state index is -0.663. The highest BCUT2D eigenvalue weighted by molar-refractivity contribution is 5.92. The van der Waals surface area contributed by atoms with Crippen molar-refractivity contribution in [2.24, 2.45) is 5.73 Å². The van der Waals surface area contributed by atoms with E-state index in [1.165, 1.54) is 6.07 Å². The number of amides is 1. The van der Waals surface area contributed by atoms with Crippen LogP contribution in [-0.4, -0.2) is 34.9 Å². The van der Waals surface area contributed by atoms with Gasteiger partial charge in [0.15, 0.2) is 5.69 Å². The first-order valence-corrected chi connectivity index (χ1v) is 4.66. The van der Waals surface area contributed by atoms with E-state index in [2.05, 4.69) is 10.5 Å². The van der Waals surface area contributed by atoms with E-state index in [4.69, 9.17) is 15.4 Å². The maximum absolute atomic E-state index is 11.4. The molecule has 6 nitrogen and oxygen atoms in total. The average molecular weight is 213 g/mol. The van der Waals surface area contributed by atoms with Gasteiger partial charge >= 0.3 is 0 Å². The molecule has 1 heterocycles. The molecule has 84 valence electrons. The van der Waals surface area contributed by atoms with Gasteiger partial charge in [-0.1, -0.05) is 5.16 Å². The number of aromatic nitrogens is 1. The smallest absolute Gasteiger partial charge is 0.273 e. The Morgan fingerprint density at radius 1 is 1.80 bits per heavy atom. The highest BCUT2D eigenvalue weighted by Crippen LogP contribution is 2.00. The maximum atomic E-state index is 11.4. The third-order valence-corrected chi connectivity index (χ3v) is 1.98. The molecule has 1 amide bonds. The van der Waals surface area contributed by atoms with Gasteiger partial charge in [-0.3, -0.25) is 4.79 Å². The molecule has 0 saturated heterocycles. The van der Waals surface area contributed by atoms with Crippen LogP contribution < -0.4 is 11.1 Å². The third kappa shape index (κ3) is 3.34. The molecule has 0 spiro atoms. The Morgan fingerprint density at radius 2 is 2.47 bits per heavy atom. The van der Waals surface area contributed by atoms with E-state index in [0.717, 1.165) is 0 Å². The summed E-state index contributed by atoms with van der Waals surface area (Å²) in [5.74, 6) is 0.211. The second-order valence-electron chi connectivity index (χ2n) is 3.44. The molecule has 0 bridgehead atoms. The van der Waals surface area contributed by atoms with Crippen molar-refractivity contribution in [1.82, 2.24) is 10.5 Å². The van der Waals surface area contributed by atoms with Gasteiger partial charge in [0.1, 0.15) is 5.76 Å². The van der Waals surface area contributed by atoms with E-state index in [0.29, 0.717) is 5.76 Å². The Bertz CT molecular complexity index is 335. The van der Waals surface area contributed by atoms with E-state index in [9.17, 15) is 4.79 Å². The first-order chi connectivity index (χ1) is 7.00. The Hall–Kier alpha value is -1.40. The van der Waals surface area contributed by atoms with Crippen molar-refractivity contribution in [3.8, 4) is 0 Å². The quantitative estimate of drug-likeness (QED) is 0.621. The molecule has 2 unspecified atom stereocenters. The molecular formula is C9H15N3O3. The summed E-state index contributed by atoms with van der Waals surface area (Å²) in [5.41, 5.74) is 5.75. The summed E-state index contributed by atoms with van der Waals surface area (Å²) >= 11 is 0. The molecule has 0 radical (unpaired) electrons. The lowest BCUT2D eigenvalue weighted by Gasteiger charge is -2.14. The van der Waals surface area contributed by atoms with Crippen LogP contribution in [0.5, 0.6) is 0 Å². The molecule has 0 aliphatic rings. The fourth-order valence-corrected chi connectivity index (χ4v) is 0.945. The predicted molar refractivity (Wildman–Crippen MR) is 53.2 cm³/mol. The van der Waals surface area contributed by atoms with Gasteiger partial charge in [-0.05, 0) is 13.8 Å². The van der Waals surface area contributed by atoms with Crippen molar-refractivity contribution < 1.29 is 14.4 Å². The largest absolute Gasteiger partial charge is 0.392 e. The summed E-state index contributed by atoms with van der Waals surface area (Å²) in [5, 5.41) is 15.2. The minimum absolute atomic E-state index is 0.197. The molecule has 0 aliphatic heterocycles. The molecule has 1 rings (SSSR count). The van der Waals surface area contributed by atoms with Crippen LogP contribution in [0, 0.1) is 6.92 Å². The predicted octanol–water partition coefficient (Wildman–Crippen LogP) is -0.579. The van der Waals surface area contributed by atoms with Crippen molar-refractivity contribution in [1.29, 1.82) is 0 Å². The van der Waals surface area contributed by atoms with Gasteiger partial charge in [0.2, 0.25) is 0 Å². The Kier molecular flexibility index (Phi) is 3.81. The lowest BCUT2D eigenvalue weighted by atomic mass is 10.2. The SMILES string of the molecule is Cc1cc(C(=O)NCC(N)C(C)O)no1. The molecular weight excluding hydrogens is 198 g/mol. The van der Waals surface area contributed by atoms with E-state index >= 15 is 0 Å². The molecule has 0 aromatic carbocycles. The number of rotatable bonds is 4. The molecule has 0 saturated carbocycles. The molecule has 4 N–H and O–H groups in total. The number of carbonyl (C=O) groups excluding carboxylic acids is 1. The molecule has 1 aromatic rings. The van der Waals surface area contributed by atoms with Gasteiger partial charge < -0.3 is 20.7 Å². The second kappa shape index (κ2) is 4.90. The molecule has 0 aliphatic carbocycles. The molecule has 2 atom stereocenters. The normalized spacial score (nSPS) is 14.7. The number of nitrogens with zero attached hydrogens (tertiary/aromatic N) is 1. The number of hydrogen-bond donors (Lipinski definition) is 3. The van der Waals surface area contributed by atoms with Crippen LogP contribution in [0.4, 0.5) is 0 Å². The third-order valence-electron chi connectivity index (χ3n) is 1.98. The van der Waals surface area contributed by atoms with Crippen molar-refractivity contribution in [3.05, 3.63) is 17.5 Å². The van der Waals surface area contributed by atoms with Gasteiger partial charge in [-0.2, -0.15) is 0 Å². The van der Waals surface area contributed by atoms with Crippen molar-refractivity contribution >= 4 is 5.91 Å². The summed E-state index contributed by atoms with van der Waals surface area (Å²) in [4.78, 5) is 11.4. The number of nitrogens with two attached hydrogens (primary N) is 1. The monoisotopic (exact) mass is 213 g/mol. The molecule has 1 aromatic heterocycles. The van der Waals surface area contributed by atoms with Crippen LogP contribution in [0.25, 0.3) is 0 Å². The standard InChI is InChI=1S/C9H15N3O3/c1-5-3-8(12-15-5)9(14)11-4-7(10)6(2)13/h3,6-7,13H,4,10H2,1-2H3,(H,11,14). The van der Waals surface area contributed by atoms with Crippen molar-refractivity contribution in [3.63, 3.8) is 0 Å². The van der Waals surface area contributed by atoms with E-state index in [1.54, 1.807) is 13.8 Å². The van der Waals surface area contributed by atoms with E-state index < -0.39 is 12.1 Å². The summed E-state index contributed by atoms with van der Waals surface area (Å²) in [6.45, 7) is 3.46. The Morgan fingerprint density at radius 3 is 2.93 bits per heavy atom. The number of carbonyl (C=O) groups is 1. The first kappa shape index (κ1) is 11.7. The van der Waals surface area contributed by atoms with E-state index in [-0.39, 0.29) is 18.1 Å². The Balaban J connectivity index is 2.43. The fourth-order valence-electron chi connectivity index (χ4n) is 0.945. The van der Waals surface area contributed by atoms with Gasteiger partial charge in [-0.15, -0.1) is 0 Å². The highest BCUT2D eigenvalue weighted by Gasteiger charge is 2.14. The van der Waals surface area contributed by atoms with Gasteiger partial charge in [0, 0.05) is 18.7 Å². The number of aryl methyl sites for hydroxylation is 1. The lowest BCUT2D eigenvalue weighted by molar-refractivity contribution is 0.0928. The number of nitrogens with one attached hydrogen (secondary N) is 1. The zero-order valence-electron chi connectivity index (χ0n) is 8.73. The molecule has 6 heteroatoms. The average Bonchev–Trinajstić information content (AvgIpc) is 2.60. The fraction of sp³-hybridized carbons (Fsp3) is 0.556. The van der Waals surface area contributed by atoms with Crippen LogP contribution in [0.15, 0.2) is 10.6 Å². The zero-order valence-corrected chi connectivity index (χ0v) is 8.73. The van der Waals surface area contributed by atoms with E-state index in [1.807, 2.05) is 0 Å². The van der Waals surface area contributed by atoms with Crippen LogP contribution in [0.1, 0.15) is 23.2 Å². The molecule has 0 fully saturated rings. The maximum Gasteiger partial charge on any atom is 0.273 e. The minimum Gasteiger partial charge on any atom is -0.392 e. The van der Waals surface area contributed by atoms with Crippen LogP contribution in [0.3, 0.4) is 0 Å². The number of aliphatic hydroxyl groups excluding tert-OH is 1. The number of aliphatic hydroxyl groups is 1. The summed E-state index contributed by atoms with van der Waals surface area (Å²) in [6, 6.07) is 1.05.